The van der Waals surface area contributed by atoms with Crippen LogP contribution in [0, 0.1) is 0 Å². The molecule has 3 heterocycles. The zero-order chi connectivity index (χ0) is 25.1. The molecule has 2 aliphatic heterocycles. The van der Waals surface area contributed by atoms with Crippen molar-refractivity contribution in [3.8, 4) is 5.75 Å². The van der Waals surface area contributed by atoms with Gasteiger partial charge in [0, 0.05) is 56.7 Å². The van der Waals surface area contributed by atoms with Crippen molar-refractivity contribution in [3.63, 3.8) is 0 Å². The minimum atomic E-state index is -1.11. The van der Waals surface area contributed by atoms with Crippen molar-refractivity contribution in [2.45, 2.75) is 25.4 Å². The summed E-state index contributed by atoms with van der Waals surface area (Å²) in [6, 6.07) is 13.4. The highest BCUT2D eigenvalue weighted by Gasteiger charge is 2.45. The fourth-order valence-corrected chi connectivity index (χ4v) is 5.04. The summed E-state index contributed by atoms with van der Waals surface area (Å²) >= 11 is 12.9. The number of anilines is 1. The smallest absolute Gasteiger partial charge is 0.219 e. The maximum atomic E-state index is 11.6. The standard InChI is InChI=1S/C26H28Cl2N4O4/c1-19(33)31-11-13-32(14-12-31)20-5-7-21(8-6-20)34-15-22-16-35-26(36-22,17-30-10-9-29-18-30)23-3-2-4-24(27)25(23)28/h2-10,18,22H,11-17H2,1H3/t22?,26-/m0/s1. The van der Waals surface area contributed by atoms with Gasteiger partial charge in [-0.3, -0.25) is 4.79 Å². The number of carbonyl (C=O) groups is 1. The summed E-state index contributed by atoms with van der Waals surface area (Å²) in [4.78, 5) is 19.8. The summed E-state index contributed by atoms with van der Waals surface area (Å²) in [6.45, 7) is 5.77. The lowest BCUT2D eigenvalue weighted by molar-refractivity contribution is -0.189. The first-order chi connectivity index (χ1) is 17.4. The Morgan fingerprint density at radius 1 is 1.14 bits per heavy atom. The molecule has 2 aromatic carbocycles. The third kappa shape index (κ3) is 5.32. The van der Waals surface area contributed by atoms with E-state index in [4.69, 9.17) is 37.4 Å². The molecule has 1 aromatic heterocycles. The molecular weight excluding hydrogens is 503 g/mol. The van der Waals surface area contributed by atoms with Crippen molar-refractivity contribution in [1.29, 1.82) is 0 Å². The van der Waals surface area contributed by atoms with Gasteiger partial charge < -0.3 is 28.6 Å². The van der Waals surface area contributed by atoms with Crippen LogP contribution in [0.2, 0.25) is 10.0 Å². The van der Waals surface area contributed by atoms with Crippen molar-refractivity contribution in [1.82, 2.24) is 14.5 Å². The zero-order valence-electron chi connectivity index (χ0n) is 20.0. The number of amides is 1. The monoisotopic (exact) mass is 530 g/mol. The zero-order valence-corrected chi connectivity index (χ0v) is 21.5. The normalized spacial score (nSPS) is 22.1. The number of halogens is 2. The number of hydrogen-bond acceptors (Lipinski definition) is 6. The first-order valence-corrected chi connectivity index (χ1v) is 12.6. The minimum absolute atomic E-state index is 0.128. The molecule has 0 saturated carbocycles. The summed E-state index contributed by atoms with van der Waals surface area (Å²) < 4.78 is 20.6. The van der Waals surface area contributed by atoms with E-state index in [1.807, 2.05) is 52.1 Å². The van der Waals surface area contributed by atoms with E-state index in [9.17, 15) is 4.79 Å². The number of nitrogens with zero attached hydrogens (tertiary/aromatic N) is 4. The van der Waals surface area contributed by atoms with Gasteiger partial charge in [0.15, 0.2) is 0 Å². The minimum Gasteiger partial charge on any atom is -0.491 e. The van der Waals surface area contributed by atoms with Gasteiger partial charge in [-0.25, -0.2) is 4.98 Å². The Labute approximate surface area is 220 Å². The number of aromatic nitrogens is 2. The lowest BCUT2D eigenvalue weighted by Crippen LogP contribution is -2.48. The first kappa shape index (κ1) is 24.9. The van der Waals surface area contributed by atoms with E-state index in [-0.39, 0.29) is 12.0 Å². The Morgan fingerprint density at radius 2 is 1.92 bits per heavy atom. The molecule has 2 saturated heterocycles. The molecule has 0 radical (unpaired) electrons. The van der Waals surface area contributed by atoms with E-state index in [0.717, 1.165) is 37.6 Å². The molecule has 10 heteroatoms. The highest BCUT2D eigenvalue weighted by atomic mass is 35.5. The van der Waals surface area contributed by atoms with E-state index in [2.05, 4.69) is 9.88 Å². The summed E-state index contributed by atoms with van der Waals surface area (Å²) in [7, 11) is 0. The predicted octanol–water partition coefficient (Wildman–Crippen LogP) is 4.21. The SMILES string of the molecule is CC(=O)N1CCN(c2ccc(OCC3CO[C@](Cn4ccnc4)(c4cccc(Cl)c4Cl)O3)cc2)CC1. The Balaban J connectivity index is 1.22. The average Bonchev–Trinajstić information content (AvgIpc) is 3.55. The maximum absolute atomic E-state index is 11.6. The van der Waals surface area contributed by atoms with Crippen LogP contribution in [0.4, 0.5) is 5.69 Å². The molecule has 0 spiro atoms. The molecule has 2 fully saturated rings. The third-order valence-corrected chi connectivity index (χ3v) is 7.35. The molecule has 0 aliphatic carbocycles. The van der Waals surface area contributed by atoms with Gasteiger partial charge in [0.1, 0.15) is 18.5 Å². The van der Waals surface area contributed by atoms with Gasteiger partial charge in [-0.05, 0) is 30.3 Å². The molecule has 0 N–H and O–H groups in total. The molecule has 2 atom stereocenters. The molecule has 8 nitrogen and oxygen atoms in total. The number of piperazine rings is 1. The van der Waals surface area contributed by atoms with E-state index >= 15 is 0 Å². The molecule has 1 unspecified atom stereocenters. The summed E-state index contributed by atoms with van der Waals surface area (Å²) in [6.07, 6.45) is 4.95. The van der Waals surface area contributed by atoms with Crippen LogP contribution in [-0.4, -0.2) is 65.9 Å². The van der Waals surface area contributed by atoms with E-state index in [1.165, 1.54) is 0 Å². The highest BCUT2D eigenvalue weighted by Crippen LogP contribution is 2.42. The van der Waals surface area contributed by atoms with Gasteiger partial charge in [-0.2, -0.15) is 0 Å². The van der Waals surface area contributed by atoms with Crippen molar-refractivity contribution in [3.05, 3.63) is 76.8 Å². The molecule has 2 aliphatic rings. The lowest BCUT2D eigenvalue weighted by Gasteiger charge is -2.35. The largest absolute Gasteiger partial charge is 0.491 e. The summed E-state index contributed by atoms with van der Waals surface area (Å²) in [5, 5.41) is 0.842. The summed E-state index contributed by atoms with van der Waals surface area (Å²) in [5.41, 5.74) is 1.78. The third-order valence-electron chi connectivity index (χ3n) is 6.53. The Morgan fingerprint density at radius 3 is 2.61 bits per heavy atom. The van der Waals surface area contributed by atoms with E-state index < -0.39 is 5.79 Å². The Hall–Kier alpha value is -2.78. The quantitative estimate of drug-likeness (QED) is 0.455. The fourth-order valence-electron chi connectivity index (χ4n) is 4.60. The Bertz CT molecular complexity index is 1180. The molecule has 36 heavy (non-hydrogen) atoms. The number of imidazole rings is 1. The average molecular weight is 531 g/mol. The lowest BCUT2D eigenvalue weighted by atomic mass is 10.1. The van der Waals surface area contributed by atoms with Gasteiger partial charge in [-0.15, -0.1) is 0 Å². The first-order valence-electron chi connectivity index (χ1n) is 11.9. The number of rotatable bonds is 7. The molecule has 190 valence electrons. The van der Waals surface area contributed by atoms with E-state index in [1.54, 1.807) is 25.5 Å². The molecule has 3 aromatic rings. The van der Waals surface area contributed by atoms with Crippen molar-refractivity contribution < 1.29 is 19.0 Å². The predicted molar refractivity (Wildman–Crippen MR) is 138 cm³/mol. The van der Waals surface area contributed by atoms with E-state index in [0.29, 0.717) is 35.4 Å². The second kappa shape index (κ2) is 10.7. The highest BCUT2D eigenvalue weighted by molar-refractivity contribution is 6.42. The second-order valence-corrected chi connectivity index (χ2v) is 9.72. The van der Waals surface area contributed by atoms with Crippen molar-refractivity contribution in [2.75, 3.05) is 44.3 Å². The number of carbonyl (C=O) groups excluding carboxylic acids is 1. The number of hydrogen-bond donors (Lipinski definition) is 0. The number of benzene rings is 2. The maximum Gasteiger partial charge on any atom is 0.219 e. The van der Waals surface area contributed by atoms with Crippen LogP contribution in [0.1, 0.15) is 12.5 Å². The van der Waals surface area contributed by atoms with Crippen LogP contribution >= 0.6 is 23.2 Å². The van der Waals surface area contributed by atoms with Crippen LogP contribution in [0.3, 0.4) is 0 Å². The van der Waals surface area contributed by atoms with Gasteiger partial charge in [-0.1, -0.05) is 35.3 Å². The van der Waals surface area contributed by atoms with Gasteiger partial charge in [0.2, 0.25) is 11.7 Å². The molecular formula is C26H28Cl2N4O4. The van der Waals surface area contributed by atoms with Crippen LogP contribution in [0.5, 0.6) is 5.75 Å². The van der Waals surface area contributed by atoms with Crippen molar-refractivity contribution in [2.24, 2.45) is 0 Å². The molecule has 5 rings (SSSR count). The van der Waals surface area contributed by atoms with Crippen LogP contribution in [0.25, 0.3) is 0 Å². The molecule has 1 amide bonds. The van der Waals surface area contributed by atoms with Crippen LogP contribution in [-0.2, 0) is 26.6 Å². The van der Waals surface area contributed by atoms with Crippen molar-refractivity contribution >= 4 is 34.8 Å². The van der Waals surface area contributed by atoms with Gasteiger partial charge >= 0.3 is 0 Å². The Kier molecular flexibility index (Phi) is 7.39. The van der Waals surface area contributed by atoms with Gasteiger partial charge in [0.05, 0.1) is 29.5 Å². The fraction of sp³-hybridized carbons (Fsp3) is 0.385. The van der Waals surface area contributed by atoms with Crippen LogP contribution in [0.15, 0.2) is 61.2 Å². The second-order valence-electron chi connectivity index (χ2n) is 8.94. The van der Waals surface area contributed by atoms with Gasteiger partial charge in [0.25, 0.3) is 0 Å². The number of ether oxygens (including phenoxy) is 3. The van der Waals surface area contributed by atoms with Crippen LogP contribution < -0.4 is 9.64 Å². The molecule has 0 bridgehead atoms. The topological polar surface area (TPSA) is 69.1 Å². The summed E-state index contributed by atoms with van der Waals surface area (Å²) in [5.74, 6) is -0.233.